The van der Waals surface area contributed by atoms with E-state index in [2.05, 4.69) is 13.0 Å². The molecule has 1 heterocycles. The molecule has 1 saturated heterocycles. The number of hydrogen-bond acceptors (Lipinski definition) is 7. The predicted molar refractivity (Wildman–Crippen MR) is 111 cm³/mol. The molecule has 174 valence electrons. The maximum Gasteiger partial charge on any atom is 0.335 e. The zero-order valence-electron chi connectivity index (χ0n) is 18.0. The van der Waals surface area contributed by atoms with Gasteiger partial charge in [0.05, 0.1) is 0 Å². The van der Waals surface area contributed by atoms with Crippen LogP contribution in [0.2, 0.25) is 0 Å². The van der Waals surface area contributed by atoms with Gasteiger partial charge in [0.1, 0.15) is 29.8 Å². The zero-order valence-corrected chi connectivity index (χ0v) is 18.0. The normalized spacial score (nSPS) is 43.2. The van der Waals surface area contributed by atoms with E-state index in [-0.39, 0.29) is 5.41 Å². The minimum absolute atomic E-state index is 0.199. The van der Waals surface area contributed by atoms with Gasteiger partial charge in [-0.1, -0.05) is 19.1 Å². The summed E-state index contributed by atoms with van der Waals surface area (Å²) in [6.45, 7) is 2.14. The van der Waals surface area contributed by atoms with Crippen molar-refractivity contribution < 1.29 is 39.5 Å². The maximum atomic E-state index is 12.5. The van der Waals surface area contributed by atoms with Crippen molar-refractivity contribution in [3.05, 3.63) is 29.3 Å². The fraction of sp³-hybridized carbons (Fsp3) is 0.667. The van der Waals surface area contributed by atoms with Crippen LogP contribution in [0.15, 0.2) is 18.2 Å². The van der Waals surface area contributed by atoms with Gasteiger partial charge in [0.25, 0.3) is 0 Å². The third-order valence-corrected chi connectivity index (χ3v) is 8.50. The van der Waals surface area contributed by atoms with Gasteiger partial charge < -0.3 is 29.9 Å². The molecule has 3 fully saturated rings. The van der Waals surface area contributed by atoms with Crippen molar-refractivity contribution in [3.8, 4) is 5.75 Å². The zero-order chi connectivity index (χ0) is 22.8. The number of Topliss-reactive ketones (excluding diaryl/α,β-unsaturated/α-hetero) is 1. The molecular formula is C24H30O8. The SMILES string of the molecule is C[C@]12CC[C@@H]3c4cccc(O[C@@H]5O[C@H](C(=O)O)[C@@H](O)[C@H](O)[C@H]5O)c4CC[C@H]3[C@@H]1CCC2=O. The molecular weight excluding hydrogens is 416 g/mol. The number of ether oxygens (including phenoxy) is 2. The van der Waals surface area contributed by atoms with Crippen molar-refractivity contribution in [1.82, 2.24) is 0 Å². The lowest BCUT2D eigenvalue weighted by atomic mass is 9.55. The maximum absolute atomic E-state index is 12.5. The van der Waals surface area contributed by atoms with Crippen molar-refractivity contribution in [1.29, 1.82) is 0 Å². The lowest BCUT2D eigenvalue weighted by Gasteiger charge is -2.48. The molecule has 32 heavy (non-hydrogen) atoms. The van der Waals surface area contributed by atoms with Crippen LogP contribution >= 0.6 is 0 Å². The lowest BCUT2D eigenvalue weighted by molar-refractivity contribution is -0.271. The summed E-state index contributed by atoms with van der Waals surface area (Å²) in [5.74, 6) is 0.652. The summed E-state index contributed by atoms with van der Waals surface area (Å²) in [4.78, 5) is 23.9. The molecule has 1 aliphatic heterocycles. The van der Waals surface area contributed by atoms with Crippen LogP contribution in [-0.4, -0.2) is 62.9 Å². The Balaban J connectivity index is 1.41. The smallest absolute Gasteiger partial charge is 0.335 e. The van der Waals surface area contributed by atoms with Crippen molar-refractivity contribution in [3.63, 3.8) is 0 Å². The highest BCUT2D eigenvalue weighted by Gasteiger charge is 2.55. The molecule has 3 aliphatic carbocycles. The number of ketones is 1. The Morgan fingerprint density at radius 1 is 1.09 bits per heavy atom. The molecule has 4 aliphatic rings. The van der Waals surface area contributed by atoms with E-state index in [4.69, 9.17) is 9.47 Å². The molecule has 0 aromatic heterocycles. The van der Waals surface area contributed by atoms with Gasteiger partial charge in [0.2, 0.25) is 6.29 Å². The number of fused-ring (bicyclic) bond motifs is 5. The molecule has 8 nitrogen and oxygen atoms in total. The second kappa shape index (κ2) is 7.80. The molecule has 5 rings (SSSR count). The van der Waals surface area contributed by atoms with Crippen molar-refractivity contribution in [2.24, 2.45) is 17.3 Å². The minimum Gasteiger partial charge on any atom is -0.479 e. The van der Waals surface area contributed by atoms with E-state index in [1.54, 1.807) is 6.07 Å². The second-order valence-electron chi connectivity index (χ2n) is 10.0. The van der Waals surface area contributed by atoms with E-state index in [1.165, 1.54) is 5.56 Å². The molecule has 0 spiro atoms. The van der Waals surface area contributed by atoms with Crippen molar-refractivity contribution in [2.45, 2.75) is 82.1 Å². The number of carboxylic acid groups (broad SMARTS) is 1. The highest BCUT2D eigenvalue weighted by molar-refractivity contribution is 5.87. The summed E-state index contributed by atoms with van der Waals surface area (Å²) in [5, 5.41) is 39.6. The van der Waals surface area contributed by atoms with Crippen LogP contribution in [0.5, 0.6) is 5.75 Å². The number of carbonyl (C=O) groups excluding carboxylic acids is 1. The summed E-state index contributed by atoms with van der Waals surface area (Å²) in [7, 11) is 0. The van der Waals surface area contributed by atoms with Gasteiger partial charge in [-0.25, -0.2) is 4.79 Å². The third-order valence-electron chi connectivity index (χ3n) is 8.50. The molecule has 2 saturated carbocycles. The summed E-state index contributed by atoms with van der Waals surface area (Å²) in [6, 6.07) is 5.73. The van der Waals surface area contributed by atoms with Gasteiger partial charge in [0.15, 0.2) is 6.10 Å². The van der Waals surface area contributed by atoms with Gasteiger partial charge >= 0.3 is 5.97 Å². The Hall–Kier alpha value is -2.00. The number of aliphatic hydroxyl groups is 3. The van der Waals surface area contributed by atoms with E-state index in [9.17, 15) is 30.0 Å². The molecule has 1 aromatic carbocycles. The van der Waals surface area contributed by atoms with Crippen LogP contribution in [-0.2, 0) is 20.7 Å². The first kappa shape index (κ1) is 21.8. The first-order valence-corrected chi connectivity index (χ1v) is 11.5. The van der Waals surface area contributed by atoms with Gasteiger partial charge in [-0.2, -0.15) is 0 Å². The molecule has 0 amide bonds. The summed E-state index contributed by atoms with van der Waals surface area (Å²) >= 11 is 0. The van der Waals surface area contributed by atoms with E-state index >= 15 is 0 Å². The number of benzene rings is 1. The highest BCUT2D eigenvalue weighted by Crippen LogP contribution is 2.60. The van der Waals surface area contributed by atoms with Gasteiger partial charge in [-0.05, 0) is 67.1 Å². The Kier molecular flexibility index (Phi) is 5.32. The van der Waals surface area contributed by atoms with Crippen LogP contribution in [0.4, 0.5) is 0 Å². The van der Waals surface area contributed by atoms with E-state index in [1.807, 2.05) is 6.07 Å². The fourth-order valence-corrected chi connectivity index (χ4v) is 6.74. The van der Waals surface area contributed by atoms with Crippen molar-refractivity contribution >= 4 is 11.8 Å². The molecule has 1 aromatic rings. The topological polar surface area (TPSA) is 134 Å². The predicted octanol–water partition coefficient (Wildman–Crippen LogP) is 1.38. The third kappa shape index (κ3) is 3.19. The largest absolute Gasteiger partial charge is 0.479 e. The molecule has 4 N–H and O–H groups in total. The molecule has 8 heteroatoms. The quantitative estimate of drug-likeness (QED) is 0.547. The number of aliphatic carboxylic acids is 1. The van der Waals surface area contributed by atoms with Crippen LogP contribution < -0.4 is 4.74 Å². The Bertz CT molecular complexity index is 931. The standard InChI is InChI=1S/C24H30O8/c1-24-10-9-12-11-3-2-4-16(14(11)6-5-13(12)15(24)7-8-17(24)25)31-23-20(28)18(26)19(27)21(32-23)22(29)30/h2-4,12-13,15,18-21,23,26-28H,5-10H2,1H3,(H,29,30)/t12-,13-,15+,18+,19+,20-,21+,23-,24+/m1/s1. The molecule has 0 bridgehead atoms. The van der Waals surface area contributed by atoms with Crippen LogP contribution in [0.3, 0.4) is 0 Å². The van der Waals surface area contributed by atoms with Crippen LogP contribution in [0, 0.1) is 17.3 Å². The average Bonchev–Trinajstić information content (AvgIpc) is 3.08. The first-order valence-electron chi connectivity index (χ1n) is 11.5. The van der Waals surface area contributed by atoms with E-state index in [0.29, 0.717) is 35.7 Å². The van der Waals surface area contributed by atoms with Gasteiger partial charge in [-0.3, -0.25) is 4.79 Å². The summed E-state index contributed by atoms with van der Waals surface area (Å²) < 4.78 is 11.2. The molecule has 0 unspecified atom stereocenters. The number of aliphatic hydroxyl groups excluding tert-OH is 3. The van der Waals surface area contributed by atoms with Crippen molar-refractivity contribution in [2.75, 3.05) is 0 Å². The van der Waals surface area contributed by atoms with E-state index in [0.717, 1.165) is 37.7 Å². The Morgan fingerprint density at radius 3 is 2.62 bits per heavy atom. The van der Waals surface area contributed by atoms with Gasteiger partial charge in [0, 0.05) is 11.8 Å². The summed E-state index contributed by atoms with van der Waals surface area (Å²) in [5.41, 5.74) is 1.99. The van der Waals surface area contributed by atoms with E-state index < -0.39 is 36.7 Å². The fourth-order valence-electron chi connectivity index (χ4n) is 6.74. The monoisotopic (exact) mass is 446 g/mol. The molecule has 9 atom stereocenters. The molecule has 0 radical (unpaired) electrons. The number of carbonyl (C=O) groups is 2. The Labute approximate surface area is 186 Å². The van der Waals surface area contributed by atoms with Crippen LogP contribution in [0.25, 0.3) is 0 Å². The summed E-state index contributed by atoms with van der Waals surface area (Å²) in [6.07, 6.45) is -3.00. The number of rotatable bonds is 3. The second-order valence-corrected chi connectivity index (χ2v) is 10.0. The van der Waals surface area contributed by atoms with Crippen LogP contribution in [0.1, 0.15) is 56.1 Å². The Morgan fingerprint density at radius 2 is 1.88 bits per heavy atom. The first-order chi connectivity index (χ1) is 15.2. The minimum atomic E-state index is -1.75. The van der Waals surface area contributed by atoms with Gasteiger partial charge in [-0.15, -0.1) is 0 Å². The average molecular weight is 446 g/mol. The lowest BCUT2D eigenvalue weighted by Crippen LogP contribution is -2.61. The number of hydrogen-bond donors (Lipinski definition) is 4. The number of carboxylic acids is 1. The highest BCUT2D eigenvalue weighted by atomic mass is 16.7.